The van der Waals surface area contributed by atoms with E-state index >= 15 is 0 Å². The minimum absolute atomic E-state index is 0.784. The zero-order chi connectivity index (χ0) is 9.80. The molecule has 1 heterocycles. The van der Waals surface area contributed by atoms with Crippen molar-refractivity contribution in [3.05, 3.63) is 0 Å². The second-order valence-corrected chi connectivity index (χ2v) is 4.79. The van der Waals surface area contributed by atoms with Gasteiger partial charge in [-0.15, -0.1) is 0 Å². The van der Waals surface area contributed by atoms with Gasteiger partial charge in [-0.1, -0.05) is 12.8 Å². The third-order valence-electron chi connectivity index (χ3n) is 4.06. The number of ether oxygens (including phenoxy) is 1. The fourth-order valence-corrected chi connectivity index (χ4v) is 3.23. The van der Waals surface area contributed by atoms with Crippen LogP contribution in [0.25, 0.3) is 0 Å². The molecule has 1 saturated heterocycles. The normalized spacial score (nSPS) is 35.8. The van der Waals surface area contributed by atoms with Crippen LogP contribution in [-0.4, -0.2) is 26.3 Å². The minimum Gasteiger partial charge on any atom is -0.381 e. The lowest BCUT2D eigenvalue weighted by atomic mass is 9.73. The molecule has 0 bridgehead atoms. The average Bonchev–Trinajstić information content (AvgIpc) is 2.30. The summed E-state index contributed by atoms with van der Waals surface area (Å²) in [6, 6.07) is 0.784. The molecule has 0 spiro atoms. The molecule has 2 nitrogen and oxygen atoms in total. The summed E-state index contributed by atoms with van der Waals surface area (Å²) in [5.74, 6) is 1.86. The van der Waals surface area contributed by atoms with E-state index in [0.717, 1.165) is 31.1 Å². The summed E-state index contributed by atoms with van der Waals surface area (Å²) in [4.78, 5) is 0. The molecular weight excluding hydrogens is 174 g/mol. The number of rotatable bonds is 2. The molecule has 82 valence electrons. The monoisotopic (exact) mass is 197 g/mol. The van der Waals surface area contributed by atoms with Crippen LogP contribution in [0.5, 0.6) is 0 Å². The second-order valence-electron chi connectivity index (χ2n) is 4.79. The molecule has 0 aromatic carbocycles. The molecular formula is C12H23NO. The first-order chi connectivity index (χ1) is 6.92. The summed E-state index contributed by atoms with van der Waals surface area (Å²) in [6.07, 6.45) is 8.28. The van der Waals surface area contributed by atoms with Gasteiger partial charge in [-0.25, -0.2) is 0 Å². The van der Waals surface area contributed by atoms with E-state index in [4.69, 9.17) is 4.74 Å². The predicted octanol–water partition coefficient (Wildman–Crippen LogP) is 2.19. The summed E-state index contributed by atoms with van der Waals surface area (Å²) in [7, 11) is 2.13. The van der Waals surface area contributed by atoms with Gasteiger partial charge in [0.1, 0.15) is 0 Å². The Morgan fingerprint density at radius 2 is 1.71 bits per heavy atom. The van der Waals surface area contributed by atoms with Crippen molar-refractivity contribution in [1.29, 1.82) is 0 Å². The summed E-state index contributed by atoms with van der Waals surface area (Å²) in [5, 5.41) is 3.51. The zero-order valence-electron chi connectivity index (χ0n) is 9.30. The molecule has 1 aliphatic carbocycles. The van der Waals surface area contributed by atoms with Gasteiger partial charge < -0.3 is 10.1 Å². The van der Waals surface area contributed by atoms with E-state index in [2.05, 4.69) is 12.4 Å². The fraction of sp³-hybridized carbons (Fsp3) is 1.00. The Kier molecular flexibility index (Phi) is 3.82. The van der Waals surface area contributed by atoms with Crippen molar-refractivity contribution in [3.8, 4) is 0 Å². The zero-order valence-corrected chi connectivity index (χ0v) is 9.30. The summed E-state index contributed by atoms with van der Waals surface area (Å²) < 4.78 is 5.44. The smallest absolute Gasteiger partial charge is 0.0468 e. The van der Waals surface area contributed by atoms with E-state index in [0.29, 0.717) is 0 Å². The summed E-state index contributed by atoms with van der Waals surface area (Å²) in [5.41, 5.74) is 0. The van der Waals surface area contributed by atoms with Crippen LogP contribution in [-0.2, 0) is 4.74 Å². The molecule has 1 saturated carbocycles. The molecule has 2 unspecified atom stereocenters. The summed E-state index contributed by atoms with van der Waals surface area (Å²) >= 11 is 0. The van der Waals surface area contributed by atoms with E-state index in [-0.39, 0.29) is 0 Å². The first-order valence-corrected chi connectivity index (χ1v) is 6.17. The Hall–Kier alpha value is -0.0800. The van der Waals surface area contributed by atoms with Crippen LogP contribution in [0.1, 0.15) is 38.5 Å². The van der Waals surface area contributed by atoms with Crippen molar-refractivity contribution in [3.63, 3.8) is 0 Å². The van der Waals surface area contributed by atoms with Crippen LogP contribution in [0.2, 0.25) is 0 Å². The molecule has 2 fully saturated rings. The van der Waals surface area contributed by atoms with Gasteiger partial charge >= 0.3 is 0 Å². The SMILES string of the molecule is CNC1CCCCC1C1CCOCC1. The fourth-order valence-electron chi connectivity index (χ4n) is 3.23. The molecule has 2 aliphatic rings. The maximum atomic E-state index is 5.44. The average molecular weight is 197 g/mol. The van der Waals surface area contributed by atoms with Crippen molar-refractivity contribution in [2.75, 3.05) is 20.3 Å². The molecule has 14 heavy (non-hydrogen) atoms. The molecule has 1 N–H and O–H groups in total. The minimum atomic E-state index is 0.784. The molecule has 2 atom stereocenters. The van der Waals surface area contributed by atoms with Gasteiger partial charge in [-0.05, 0) is 44.6 Å². The Morgan fingerprint density at radius 3 is 2.43 bits per heavy atom. The van der Waals surface area contributed by atoms with E-state index in [1.54, 1.807) is 0 Å². The van der Waals surface area contributed by atoms with Crippen LogP contribution in [0.3, 0.4) is 0 Å². The Morgan fingerprint density at radius 1 is 1.00 bits per heavy atom. The lowest BCUT2D eigenvalue weighted by Crippen LogP contribution is -2.41. The van der Waals surface area contributed by atoms with Crippen molar-refractivity contribution in [1.82, 2.24) is 5.32 Å². The third-order valence-corrected chi connectivity index (χ3v) is 4.06. The van der Waals surface area contributed by atoms with Crippen molar-refractivity contribution >= 4 is 0 Å². The lowest BCUT2D eigenvalue weighted by molar-refractivity contribution is 0.0312. The molecule has 0 aromatic heterocycles. The quantitative estimate of drug-likeness (QED) is 0.732. The van der Waals surface area contributed by atoms with Crippen LogP contribution in [0.4, 0.5) is 0 Å². The molecule has 0 radical (unpaired) electrons. The molecule has 2 heteroatoms. The van der Waals surface area contributed by atoms with Crippen molar-refractivity contribution in [2.24, 2.45) is 11.8 Å². The molecule has 0 aromatic rings. The molecule has 1 aliphatic heterocycles. The van der Waals surface area contributed by atoms with Crippen LogP contribution >= 0.6 is 0 Å². The van der Waals surface area contributed by atoms with E-state index in [1.165, 1.54) is 38.5 Å². The first-order valence-electron chi connectivity index (χ1n) is 6.17. The van der Waals surface area contributed by atoms with Crippen molar-refractivity contribution < 1.29 is 4.74 Å². The van der Waals surface area contributed by atoms with E-state index in [9.17, 15) is 0 Å². The lowest BCUT2D eigenvalue weighted by Gasteiger charge is -2.38. The Bertz CT molecular complexity index is 166. The highest BCUT2D eigenvalue weighted by Gasteiger charge is 2.31. The summed E-state index contributed by atoms with van der Waals surface area (Å²) in [6.45, 7) is 2.00. The van der Waals surface area contributed by atoms with Gasteiger partial charge in [-0.2, -0.15) is 0 Å². The van der Waals surface area contributed by atoms with Gasteiger partial charge in [0.05, 0.1) is 0 Å². The Balaban J connectivity index is 1.91. The third kappa shape index (κ3) is 2.29. The van der Waals surface area contributed by atoms with Gasteiger partial charge in [0.25, 0.3) is 0 Å². The highest BCUT2D eigenvalue weighted by molar-refractivity contribution is 4.85. The second kappa shape index (κ2) is 5.13. The van der Waals surface area contributed by atoms with Gasteiger partial charge in [-0.3, -0.25) is 0 Å². The van der Waals surface area contributed by atoms with Gasteiger partial charge in [0.15, 0.2) is 0 Å². The molecule has 0 amide bonds. The first kappa shape index (κ1) is 10.4. The van der Waals surface area contributed by atoms with Crippen molar-refractivity contribution in [2.45, 2.75) is 44.6 Å². The maximum Gasteiger partial charge on any atom is 0.0468 e. The number of hydrogen-bond acceptors (Lipinski definition) is 2. The highest BCUT2D eigenvalue weighted by Crippen LogP contribution is 2.35. The van der Waals surface area contributed by atoms with Gasteiger partial charge in [0, 0.05) is 19.3 Å². The van der Waals surface area contributed by atoms with E-state index in [1.807, 2.05) is 0 Å². The number of hydrogen-bond donors (Lipinski definition) is 1. The molecule has 2 rings (SSSR count). The van der Waals surface area contributed by atoms with E-state index < -0.39 is 0 Å². The van der Waals surface area contributed by atoms with Crippen LogP contribution in [0, 0.1) is 11.8 Å². The number of nitrogens with one attached hydrogen (secondary N) is 1. The topological polar surface area (TPSA) is 21.3 Å². The predicted molar refractivity (Wildman–Crippen MR) is 58.3 cm³/mol. The maximum absolute atomic E-state index is 5.44. The standard InChI is InChI=1S/C12H23NO/c1-13-12-5-3-2-4-11(12)10-6-8-14-9-7-10/h10-13H,2-9H2,1H3. The Labute approximate surface area is 87.4 Å². The van der Waals surface area contributed by atoms with Crippen LogP contribution < -0.4 is 5.32 Å². The van der Waals surface area contributed by atoms with Crippen LogP contribution in [0.15, 0.2) is 0 Å². The largest absolute Gasteiger partial charge is 0.381 e. The highest BCUT2D eigenvalue weighted by atomic mass is 16.5. The van der Waals surface area contributed by atoms with Gasteiger partial charge in [0.2, 0.25) is 0 Å².